The molecule has 2 aromatic rings. The molecule has 0 aliphatic carbocycles. The van der Waals surface area contributed by atoms with Crippen molar-refractivity contribution in [2.45, 2.75) is 19.3 Å². The van der Waals surface area contributed by atoms with Crippen LogP contribution < -0.4 is 0 Å². The zero-order chi connectivity index (χ0) is 12.3. The molecule has 0 N–H and O–H groups in total. The highest BCUT2D eigenvalue weighted by Crippen LogP contribution is 2.15. The first-order chi connectivity index (χ1) is 8.22. The van der Waals surface area contributed by atoms with Crippen molar-refractivity contribution in [1.82, 2.24) is 9.55 Å². The summed E-state index contributed by atoms with van der Waals surface area (Å²) in [7, 11) is 3.42. The number of methoxy groups -OCH3 is 1. The van der Waals surface area contributed by atoms with E-state index >= 15 is 0 Å². The number of esters is 1. The molecule has 0 aliphatic heterocycles. The van der Waals surface area contributed by atoms with Crippen LogP contribution >= 0.6 is 0 Å². The van der Waals surface area contributed by atoms with E-state index in [9.17, 15) is 4.79 Å². The van der Waals surface area contributed by atoms with Crippen LogP contribution in [0, 0.1) is 0 Å². The summed E-state index contributed by atoms with van der Waals surface area (Å²) in [5.41, 5.74) is 2.13. The second kappa shape index (κ2) is 4.99. The molecule has 4 heteroatoms. The molecule has 1 heterocycles. The molecular formula is C13H16N2O2. The third kappa shape index (κ3) is 2.46. The van der Waals surface area contributed by atoms with Crippen LogP contribution in [0.2, 0.25) is 0 Å². The average molecular weight is 232 g/mol. The summed E-state index contributed by atoms with van der Waals surface area (Å²) in [5, 5.41) is 0. The van der Waals surface area contributed by atoms with Crippen LogP contribution in [-0.4, -0.2) is 22.6 Å². The minimum Gasteiger partial charge on any atom is -0.469 e. The van der Waals surface area contributed by atoms with Crippen molar-refractivity contribution in [2.24, 2.45) is 7.05 Å². The summed E-state index contributed by atoms with van der Waals surface area (Å²) in [6.07, 6.45) is 2.00. The summed E-state index contributed by atoms with van der Waals surface area (Å²) in [6, 6.07) is 8.03. The maximum atomic E-state index is 11.0. The number of hydrogen-bond acceptors (Lipinski definition) is 3. The quantitative estimate of drug-likeness (QED) is 0.758. The van der Waals surface area contributed by atoms with Crippen LogP contribution in [0.15, 0.2) is 24.3 Å². The minimum absolute atomic E-state index is 0.163. The molecule has 0 radical (unpaired) electrons. The SMILES string of the molecule is COC(=O)CCCc1nc2ccccc2n1C. The minimum atomic E-state index is -0.163. The van der Waals surface area contributed by atoms with E-state index in [2.05, 4.69) is 14.3 Å². The summed E-state index contributed by atoms with van der Waals surface area (Å²) in [6.45, 7) is 0. The van der Waals surface area contributed by atoms with Gasteiger partial charge in [-0.15, -0.1) is 0 Å². The first-order valence-corrected chi connectivity index (χ1v) is 5.69. The largest absolute Gasteiger partial charge is 0.469 e. The third-order valence-corrected chi connectivity index (χ3v) is 2.89. The van der Waals surface area contributed by atoms with Crippen LogP contribution in [0.5, 0.6) is 0 Å². The molecule has 1 aromatic heterocycles. The lowest BCUT2D eigenvalue weighted by Gasteiger charge is -2.01. The smallest absolute Gasteiger partial charge is 0.305 e. The van der Waals surface area contributed by atoms with Crippen LogP contribution in [0.3, 0.4) is 0 Å². The fourth-order valence-corrected chi connectivity index (χ4v) is 1.91. The molecule has 2 rings (SSSR count). The number of fused-ring (bicyclic) bond motifs is 1. The van der Waals surface area contributed by atoms with Gasteiger partial charge in [0.25, 0.3) is 0 Å². The Morgan fingerprint density at radius 1 is 1.41 bits per heavy atom. The van der Waals surface area contributed by atoms with E-state index in [1.165, 1.54) is 7.11 Å². The van der Waals surface area contributed by atoms with E-state index in [1.54, 1.807) is 0 Å². The Bertz CT molecular complexity index is 531. The Hall–Kier alpha value is -1.84. The Labute approximate surface area is 100 Å². The molecule has 0 atom stereocenters. The lowest BCUT2D eigenvalue weighted by atomic mass is 10.2. The van der Waals surface area contributed by atoms with Crippen molar-refractivity contribution in [1.29, 1.82) is 0 Å². The van der Waals surface area contributed by atoms with Gasteiger partial charge in [-0.05, 0) is 18.6 Å². The normalized spacial score (nSPS) is 10.7. The Morgan fingerprint density at radius 3 is 2.88 bits per heavy atom. The number of imidazole rings is 1. The van der Waals surface area contributed by atoms with Crippen molar-refractivity contribution in [3.05, 3.63) is 30.1 Å². The Kier molecular flexibility index (Phi) is 3.42. The van der Waals surface area contributed by atoms with Crippen molar-refractivity contribution in [2.75, 3.05) is 7.11 Å². The van der Waals surface area contributed by atoms with Crippen molar-refractivity contribution >= 4 is 17.0 Å². The van der Waals surface area contributed by atoms with Gasteiger partial charge in [0.2, 0.25) is 0 Å². The van der Waals surface area contributed by atoms with Gasteiger partial charge in [-0.25, -0.2) is 4.98 Å². The van der Waals surface area contributed by atoms with Gasteiger partial charge in [0, 0.05) is 19.9 Å². The van der Waals surface area contributed by atoms with E-state index in [0.29, 0.717) is 6.42 Å². The van der Waals surface area contributed by atoms with Gasteiger partial charge in [0.15, 0.2) is 0 Å². The molecule has 90 valence electrons. The maximum absolute atomic E-state index is 11.0. The fourth-order valence-electron chi connectivity index (χ4n) is 1.91. The Balaban J connectivity index is 2.09. The third-order valence-electron chi connectivity index (χ3n) is 2.89. The zero-order valence-corrected chi connectivity index (χ0v) is 10.1. The second-order valence-electron chi connectivity index (χ2n) is 4.01. The molecule has 0 bridgehead atoms. The molecule has 4 nitrogen and oxygen atoms in total. The highest BCUT2D eigenvalue weighted by atomic mass is 16.5. The predicted molar refractivity (Wildman–Crippen MR) is 65.7 cm³/mol. The molecule has 0 spiro atoms. The monoisotopic (exact) mass is 232 g/mol. The first kappa shape index (κ1) is 11.6. The zero-order valence-electron chi connectivity index (χ0n) is 10.1. The molecule has 0 saturated heterocycles. The molecule has 0 fully saturated rings. The standard InChI is InChI=1S/C13H16N2O2/c1-15-11-7-4-3-6-10(11)14-12(15)8-5-9-13(16)17-2/h3-4,6-7H,5,8-9H2,1-2H3. The number of rotatable bonds is 4. The van der Waals surface area contributed by atoms with Crippen molar-refractivity contribution in [3.8, 4) is 0 Å². The van der Waals surface area contributed by atoms with Gasteiger partial charge in [-0.1, -0.05) is 12.1 Å². The average Bonchev–Trinajstić information content (AvgIpc) is 2.67. The van der Waals surface area contributed by atoms with Gasteiger partial charge < -0.3 is 9.30 Å². The van der Waals surface area contributed by atoms with Crippen molar-refractivity contribution < 1.29 is 9.53 Å². The van der Waals surface area contributed by atoms with E-state index in [-0.39, 0.29) is 5.97 Å². The number of aromatic nitrogens is 2. The van der Waals surface area contributed by atoms with E-state index in [1.807, 2.05) is 31.3 Å². The van der Waals surface area contributed by atoms with Gasteiger partial charge in [0.1, 0.15) is 5.82 Å². The van der Waals surface area contributed by atoms with E-state index < -0.39 is 0 Å². The predicted octanol–water partition coefficient (Wildman–Crippen LogP) is 2.07. The molecule has 1 aromatic carbocycles. The van der Waals surface area contributed by atoms with Crippen LogP contribution in [0.4, 0.5) is 0 Å². The number of carbonyl (C=O) groups is 1. The van der Waals surface area contributed by atoms with Crippen LogP contribution in [0.1, 0.15) is 18.7 Å². The van der Waals surface area contributed by atoms with Crippen LogP contribution in [0.25, 0.3) is 11.0 Å². The lowest BCUT2D eigenvalue weighted by Crippen LogP contribution is -2.03. The molecule has 0 saturated carbocycles. The van der Waals surface area contributed by atoms with Gasteiger partial charge in [-0.2, -0.15) is 0 Å². The number of nitrogens with zero attached hydrogens (tertiary/aromatic N) is 2. The number of benzene rings is 1. The number of hydrogen-bond donors (Lipinski definition) is 0. The van der Waals surface area contributed by atoms with Gasteiger partial charge in [-0.3, -0.25) is 4.79 Å². The summed E-state index contributed by atoms with van der Waals surface area (Å²) in [4.78, 5) is 15.6. The summed E-state index contributed by atoms with van der Waals surface area (Å²) >= 11 is 0. The number of para-hydroxylation sites is 2. The highest BCUT2D eigenvalue weighted by molar-refractivity contribution is 5.75. The molecule has 0 amide bonds. The Morgan fingerprint density at radius 2 is 2.18 bits per heavy atom. The number of ether oxygens (including phenoxy) is 1. The molecular weight excluding hydrogens is 216 g/mol. The molecule has 0 unspecified atom stereocenters. The van der Waals surface area contributed by atoms with Crippen molar-refractivity contribution in [3.63, 3.8) is 0 Å². The van der Waals surface area contributed by atoms with E-state index in [0.717, 1.165) is 29.7 Å². The van der Waals surface area contributed by atoms with Crippen LogP contribution in [-0.2, 0) is 23.0 Å². The van der Waals surface area contributed by atoms with Gasteiger partial charge in [0.05, 0.1) is 18.1 Å². The van der Waals surface area contributed by atoms with E-state index in [4.69, 9.17) is 0 Å². The second-order valence-corrected chi connectivity index (χ2v) is 4.01. The number of carbonyl (C=O) groups excluding carboxylic acids is 1. The summed E-state index contributed by atoms with van der Waals surface area (Å²) < 4.78 is 6.69. The first-order valence-electron chi connectivity index (χ1n) is 5.69. The lowest BCUT2D eigenvalue weighted by molar-refractivity contribution is -0.140. The fraction of sp³-hybridized carbons (Fsp3) is 0.385. The molecule has 0 aliphatic rings. The van der Waals surface area contributed by atoms with Gasteiger partial charge >= 0.3 is 5.97 Å². The highest BCUT2D eigenvalue weighted by Gasteiger charge is 2.07. The summed E-state index contributed by atoms with van der Waals surface area (Å²) in [5.74, 6) is 0.846. The topological polar surface area (TPSA) is 44.1 Å². The maximum Gasteiger partial charge on any atom is 0.305 e. The number of aryl methyl sites for hydroxylation is 2. The molecule has 17 heavy (non-hydrogen) atoms.